The lowest BCUT2D eigenvalue weighted by Gasteiger charge is -2.26. The van der Waals surface area contributed by atoms with Gasteiger partial charge in [-0.3, -0.25) is 9.59 Å². The molecule has 0 aromatic heterocycles. The molecule has 7 nitrogen and oxygen atoms in total. The summed E-state index contributed by atoms with van der Waals surface area (Å²) in [6.45, 7) is 5.41. The Morgan fingerprint density at radius 3 is 2.33 bits per heavy atom. The molecule has 2 aromatic rings. The van der Waals surface area contributed by atoms with Crippen LogP contribution in [0.5, 0.6) is 11.5 Å². The molecule has 2 aromatic carbocycles. The van der Waals surface area contributed by atoms with E-state index in [2.05, 4.69) is 0 Å². The number of likely N-dealkylation sites (tertiary alicyclic amines) is 1. The predicted molar refractivity (Wildman–Crippen MR) is 128 cm³/mol. The summed E-state index contributed by atoms with van der Waals surface area (Å²) in [5.74, 6) is -0.109. The number of benzene rings is 2. The van der Waals surface area contributed by atoms with Gasteiger partial charge in [0.15, 0.2) is 0 Å². The minimum atomic E-state index is -0.688. The molecule has 1 heterocycles. The molecule has 1 N–H and O–H groups in total. The molecular formula is C26H32N2O5. The average Bonchev–Trinajstić information content (AvgIpc) is 3.06. The zero-order valence-electron chi connectivity index (χ0n) is 19.9. The summed E-state index contributed by atoms with van der Waals surface area (Å²) < 4.78 is 10.9. The van der Waals surface area contributed by atoms with Crippen molar-refractivity contribution in [1.82, 2.24) is 9.80 Å². The molecule has 0 bridgehead atoms. The third-order valence-electron chi connectivity index (χ3n) is 5.69. The second-order valence-corrected chi connectivity index (χ2v) is 8.39. The summed E-state index contributed by atoms with van der Waals surface area (Å²) in [4.78, 5) is 29.6. The molecule has 3 rings (SSSR count). The number of aliphatic hydroxyl groups is 1. The van der Waals surface area contributed by atoms with Gasteiger partial charge in [0, 0.05) is 18.7 Å². The largest absolute Gasteiger partial charge is 0.507 e. The van der Waals surface area contributed by atoms with Crippen molar-refractivity contribution in [3.63, 3.8) is 0 Å². The number of amides is 1. The Labute approximate surface area is 195 Å². The summed E-state index contributed by atoms with van der Waals surface area (Å²) in [5.41, 5.74) is 2.07. The van der Waals surface area contributed by atoms with Crippen LogP contribution in [0.1, 0.15) is 36.1 Å². The zero-order valence-corrected chi connectivity index (χ0v) is 19.9. The number of methoxy groups -OCH3 is 1. The standard InChI is InChI=1S/C26H32N2O5/c1-6-15-33-19-9-7-18(8-10-19)23-22(25(30)26(31)28(23)14-13-27(3)4)24(29)21-12-11-20(32-5)16-17(21)2/h7-12,16,23,29H,6,13-15H2,1-5H3/b24-22+. The molecule has 33 heavy (non-hydrogen) atoms. The maximum atomic E-state index is 13.1. The Hall–Kier alpha value is -3.32. The van der Waals surface area contributed by atoms with E-state index in [9.17, 15) is 14.7 Å². The van der Waals surface area contributed by atoms with E-state index in [1.165, 1.54) is 4.90 Å². The summed E-state index contributed by atoms with van der Waals surface area (Å²) >= 11 is 0. The minimum Gasteiger partial charge on any atom is -0.507 e. The van der Waals surface area contributed by atoms with E-state index < -0.39 is 17.7 Å². The summed E-state index contributed by atoms with van der Waals surface area (Å²) in [5, 5.41) is 11.3. The van der Waals surface area contributed by atoms with Crippen LogP contribution in [-0.2, 0) is 9.59 Å². The predicted octanol–water partition coefficient (Wildman–Crippen LogP) is 3.78. The topological polar surface area (TPSA) is 79.3 Å². The fourth-order valence-electron chi connectivity index (χ4n) is 3.91. The van der Waals surface area contributed by atoms with Gasteiger partial charge in [0.25, 0.3) is 11.7 Å². The van der Waals surface area contributed by atoms with E-state index in [1.807, 2.05) is 57.1 Å². The number of aryl methyl sites for hydroxylation is 1. The Bertz CT molecular complexity index is 1040. The van der Waals surface area contributed by atoms with Crippen LogP contribution in [0.3, 0.4) is 0 Å². The Kier molecular flexibility index (Phi) is 7.76. The van der Waals surface area contributed by atoms with Crippen molar-refractivity contribution in [2.75, 3.05) is 40.9 Å². The van der Waals surface area contributed by atoms with Gasteiger partial charge in [-0.1, -0.05) is 19.1 Å². The van der Waals surface area contributed by atoms with Gasteiger partial charge in [-0.15, -0.1) is 0 Å². The number of hydrogen-bond donors (Lipinski definition) is 1. The van der Waals surface area contributed by atoms with E-state index in [0.717, 1.165) is 23.3 Å². The van der Waals surface area contributed by atoms with Crippen molar-refractivity contribution in [2.45, 2.75) is 26.3 Å². The summed E-state index contributed by atoms with van der Waals surface area (Å²) in [6.07, 6.45) is 0.896. The molecule has 7 heteroatoms. The highest BCUT2D eigenvalue weighted by Crippen LogP contribution is 2.40. The summed E-state index contributed by atoms with van der Waals surface area (Å²) in [6, 6.07) is 11.9. The number of carbonyl (C=O) groups excluding carboxylic acids is 2. The lowest BCUT2D eigenvalue weighted by molar-refractivity contribution is -0.140. The van der Waals surface area contributed by atoms with Crippen LogP contribution in [0.25, 0.3) is 5.76 Å². The summed E-state index contributed by atoms with van der Waals surface area (Å²) in [7, 11) is 5.39. The molecule has 1 amide bonds. The molecule has 1 atom stereocenters. The van der Waals surface area contributed by atoms with Gasteiger partial charge in [-0.05, 0) is 68.9 Å². The van der Waals surface area contributed by atoms with Crippen molar-refractivity contribution in [3.8, 4) is 11.5 Å². The molecule has 0 aliphatic carbocycles. The first-order chi connectivity index (χ1) is 15.8. The lowest BCUT2D eigenvalue weighted by Crippen LogP contribution is -2.35. The van der Waals surface area contributed by atoms with Crippen molar-refractivity contribution in [3.05, 3.63) is 64.7 Å². The van der Waals surface area contributed by atoms with Crippen LogP contribution in [-0.4, -0.2) is 67.5 Å². The van der Waals surface area contributed by atoms with E-state index >= 15 is 0 Å². The fourth-order valence-corrected chi connectivity index (χ4v) is 3.91. The van der Waals surface area contributed by atoms with Crippen LogP contribution in [0.4, 0.5) is 0 Å². The van der Waals surface area contributed by atoms with Crippen LogP contribution in [0, 0.1) is 6.92 Å². The zero-order chi connectivity index (χ0) is 24.1. The van der Waals surface area contributed by atoms with Gasteiger partial charge >= 0.3 is 0 Å². The van der Waals surface area contributed by atoms with Crippen LogP contribution < -0.4 is 9.47 Å². The Morgan fingerprint density at radius 1 is 1.09 bits per heavy atom. The number of ether oxygens (including phenoxy) is 2. The van der Waals surface area contributed by atoms with E-state index in [1.54, 1.807) is 25.3 Å². The molecule has 0 radical (unpaired) electrons. The van der Waals surface area contributed by atoms with Gasteiger partial charge in [-0.25, -0.2) is 0 Å². The first-order valence-electron chi connectivity index (χ1n) is 11.1. The second kappa shape index (κ2) is 10.5. The smallest absolute Gasteiger partial charge is 0.295 e. The highest BCUT2D eigenvalue weighted by atomic mass is 16.5. The third kappa shape index (κ3) is 5.20. The second-order valence-electron chi connectivity index (χ2n) is 8.39. The number of ketones is 1. The quantitative estimate of drug-likeness (QED) is 0.354. The molecule has 0 spiro atoms. The number of rotatable bonds is 9. The number of carbonyl (C=O) groups is 2. The van der Waals surface area contributed by atoms with Gasteiger partial charge < -0.3 is 24.4 Å². The first-order valence-corrected chi connectivity index (χ1v) is 11.1. The van der Waals surface area contributed by atoms with Gasteiger partial charge in [0.1, 0.15) is 17.3 Å². The minimum absolute atomic E-state index is 0.0919. The maximum Gasteiger partial charge on any atom is 0.295 e. The lowest BCUT2D eigenvalue weighted by atomic mass is 9.94. The van der Waals surface area contributed by atoms with Crippen LogP contribution in [0.2, 0.25) is 0 Å². The number of hydrogen-bond acceptors (Lipinski definition) is 6. The monoisotopic (exact) mass is 452 g/mol. The van der Waals surface area contributed by atoms with Crippen LogP contribution in [0.15, 0.2) is 48.0 Å². The third-order valence-corrected chi connectivity index (χ3v) is 5.69. The number of likely N-dealkylation sites (N-methyl/N-ethyl adjacent to an activating group) is 1. The average molecular weight is 453 g/mol. The van der Waals surface area contributed by atoms with E-state index in [4.69, 9.17) is 9.47 Å². The number of Topliss-reactive ketones (excluding diaryl/α,β-unsaturated/α-hetero) is 1. The van der Waals surface area contributed by atoms with Gasteiger partial charge in [0.2, 0.25) is 0 Å². The highest BCUT2D eigenvalue weighted by molar-refractivity contribution is 6.46. The molecule has 1 aliphatic heterocycles. The highest BCUT2D eigenvalue weighted by Gasteiger charge is 2.46. The molecule has 1 unspecified atom stereocenters. The molecule has 176 valence electrons. The van der Waals surface area contributed by atoms with Crippen molar-refractivity contribution in [2.24, 2.45) is 0 Å². The first kappa shape index (κ1) is 24.3. The van der Waals surface area contributed by atoms with Gasteiger partial charge in [0.05, 0.1) is 25.3 Å². The Balaban J connectivity index is 2.10. The van der Waals surface area contributed by atoms with E-state index in [0.29, 0.717) is 31.0 Å². The normalized spacial score (nSPS) is 17.6. The fraction of sp³-hybridized carbons (Fsp3) is 0.385. The van der Waals surface area contributed by atoms with Crippen molar-refractivity contribution in [1.29, 1.82) is 0 Å². The molecular weight excluding hydrogens is 420 g/mol. The maximum absolute atomic E-state index is 13.1. The molecule has 0 saturated carbocycles. The number of nitrogens with zero attached hydrogens (tertiary/aromatic N) is 2. The number of aliphatic hydroxyl groups excluding tert-OH is 1. The van der Waals surface area contributed by atoms with Gasteiger partial charge in [-0.2, -0.15) is 0 Å². The van der Waals surface area contributed by atoms with E-state index in [-0.39, 0.29) is 11.3 Å². The molecule has 1 saturated heterocycles. The molecule has 1 fully saturated rings. The van der Waals surface area contributed by atoms with Crippen molar-refractivity contribution < 1.29 is 24.2 Å². The SMILES string of the molecule is CCCOc1ccc(C2/C(=C(\O)c3ccc(OC)cc3C)C(=O)C(=O)N2CCN(C)C)cc1. The Morgan fingerprint density at radius 2 is 1.76 bits per heavy atom. The van der Waals surface area contributed by atoms with Crippen molar-refractivity contribution >= 4 is 17.4 Å². The molecule has 1 aliphatic rings. The van der Waals surface area contributed by atoms with Crippen LogP contribution >= 0.6 is 0 Å².